The van der Waals surface area contributed by atoms with Crippen molar-refractivity contribution in [1.29, 1.82) is 0 Å². The molecule has 28 heavy (non-hydrogen) atoms. The lowest BCUT2D eigenvalue weighted by molar-refractivity contribution is -0.123. The number of aryl methyl sites for hydroxylation is 1. The van der Waals surface area contributed by atoms with Gasteiger partial charge in [-0.3, -0.25) is 9.59 Å². The molecule has 2 amide bonds. The topological polar surface area (TPSA) is 61.9 Å². The second-order valence-corrected chi connectivity index (χ2v) is 6.96. The fourth-order valence-corrected chi connectivity index (χ4v) is 3.24. The summed E-state index contributed by atoms with van der Waals surface area (Å²) >= 11 is 0. The van der Waals surface area contributed by atoms with Crippen LogP contribution in [0.5, 0.6) is 0 Å². The molecular weight excluding hydrogens is 354 g/mol. The second kappa shape index (κ2) is 9.37. The van der Waals surface area contributed by atoms with Gasteiger partial charge in [0.2, 0.25) is 11.8 Å². The van der Waals surface area contributed by atoms with Crippen LogP contribution in [0.2, 0.25) is 0 Å². The maximum absolute atomic E-state index is 12.5. The van der Waals surface area contributed by atoms with Crippen molar-refractivity contribution in [2.24, 2.45) is 0 Å². The molecule has 148 valence electrons. The molecule has 0 aliphatic carbocycles. The van der Waals surface area contributed by atoms with E-state index in [2.05, 4.69) is 10.2 Å². The normalized spacial score (nSPS) is 13.9. The molecule has 1 heterocycles. The molecule has 2 aromatic rings. The average molecular weight is 381 g/mol. The standard InChI is InChI=1S/C22H27N3O3/c1-17-7-9-19(10-8-17)15-23-22(27)16-25(18(2)26)21-6-4-3-5-20(21)24-11-13-28-14-12-24/h3-10H,11-16H2,1-2H3,(H,23,27). The Morgan fingerprint density at radius 1 is 1.07 bits per heavy atom. The fourth-order valence-electron chi connectivity index (χ4n) is 3.24. The molecule has 1 saturated heterocycles. The predicted molar refractivity (Wildman–Crippen MR) is 111 cm³/mol. The number of para-hydroxylation sites is 2. The number of carbonyl (C=O) groups is 2. The number of rotatable bonds is 6. The van der Waals surface area contributed by atoms with Crippen molar-refractivity contribution in [1.82, 2.24) is 5.32 Å². The molecule has 1 aliphatic heterocycles. The summed E-state index contributed by atoms with van der Waals surface area (Å²) in [7, 11) is 0. The van der Waals surface area contributed by atoms with E-state index < -0.39 is 0 Å². The van der Waals surface area contributed by atoms with Crippen LogP contribution in [0, 0.1) is 6.92 Å². The summed E-state index contributed by atoms with van der Waals surface area (Å²) in [4.78, 5) is 28.6. The summed E-state index contributed by atoms with van der Waals surface area (Å²) in [6.45, 7) is 6.79. The highest BCUT2D eigenvalue weighted by atomic mass is 16.5. The van der Waals surface area contributed by atoms with Crippen LogP contribution in [-0.2, 0) is 20.9 Å². The number of nitrogens with one attached hydrogen (secondary N) is 1. The van der Waals surface area contributed by atoms with Crippen LogP contribution >= 0.6 is 0 Å². The van der Waals surface area contributed by atoms with Crippen molar-refractivity contribution in [3.8, 4) is 0 Å². The predicted octanol–water partition coefficient (Wildman–Crippen LogP) is 2.50. The van der Waals surface area contributed by atoms with Gasteiger partial charge in [0.25, 0.3) is 0 Å². The Kier molecular flexibility index (Phi) is 6.66. The van der Waals surface area contributed by atoms with E-state index >= 15 is 0 Å². The third kappa shape index (κ3) is 5.10. The van der Waals surface area contributed by atoms with Gasteiger partial charge in [-0.05, 0) is 24.6 Å². The summed E-state index contributed by atoms with van der Waals surface area (Å²) < 4.78 is 5.43. The Bertz CT molecular complexity index is 814. The summed E-state index contributed by atoms with van der Waals surface area (Å²) in [6, 6.07) is 15.7. The number of benzene rings is 2. The minimum Gasteiger partial charge on any atom is -0.378 e. The zero-order valence-electron chi connectivity index (χ0n) is 16.5. The number of ether oxygens (including phenoxy) is 1. The van der Waals surface area contributed by atoms with Gasteiger partial charge in [0.1, 0.15) is 6.54 Å². The van der Waals surface area contributed by atoms with E-state index in [4.69, 9.17) is 4.74 Å². The molecule has 0 saturated carbocycles. The SMILES string of the molecule is CC(=O)N(CC(=O)NCc1ccc(C)cc1)c1ccccc1N1CCOCC1. The molecule has 1 aliphatic rings. The van der Waals surface area contributed by atoms with Gasteiger partial charge in [0.15, 0.2) is 0 Å². The quantitative estimate of drug-likeness (QED) is 0.835. The van der Waals surface area contributed by atoms with Crippen molar-refractivity contribution < 1.29 is 14.3 Å². The molecule has 0 spiro atoms. The van der Waals surface area contributed by atoms with E-state index in [0.29, 0.717) is 19.8 Å². The Morgan fingerprint density at radius 3 is 2.43 bits per heavy atom. The number of morpholine rings is 1. The highest BCUT2D eigenvalue weighted by molar-refractivity contribution is 6.00. The third-order valence-corrected chi connectivity index (χ3v) is 4.82. The number of hydrogen-bond acceptors (Lipinski definition) is 4. The lowest BCUT2D eigenvalue weighted by Crippen LogP contribution is -2.42. The van der Waals surface area contributed by atoms with Gasteiger partial charge in [-0.25, -0.2) is 0 Å². The number of nitrogens with zero attached hydrogens (tertiary/aromatic N) is 2. The van der Waals surface area contributed by atoms with Crippen molar-refractivity contribution in [2.45, 2.75) is 20.4 Å². The van der Waals surface area contributed by atoms with E-state index in [9.17, 15) is 9.59 Å². The Labute approximate surface area is 166 Å². The average Bonchev–Trinajstić information content (AvgIpc) is 2.72. The monoisotopic (exact) mass is 381 g/mol. The van der Waals surface area contributed by atoms with E-state index in [0.717, 1.165) is 30.0 Å². The third-order valence-electron chi connectivity index (χ3n) is 4.82. The maximum atomic E-state index is 12.5. The lowest BCUT2D eigenvalue weighted by Gasteiger charge is -2.33. The first kappa shape index (κ1) is 19.9. The molecular formula is C22H27N3O3. The maximum Gasteiger partial charge on any atom is 0.240 e. The molecule has 1 N–H and O–H groups in total. The van der Waals surface area contributed by atoms with E-state index in [-0.39, 0.29) is 18.4 Å². The smallest absolute Gasteiger partial charge is 0.240 e. The molecule has 3 rings (SSSR count). The van der Waals surface area contributed by atoms with Gasteiger partial charge in [0.05, 0.1) is 24.6 Å². The van der Waals surface area contributed by atoms with E-state index in [1.807, 2.05) is 55.5 Å². The van der Waals surface area contributed by atoms with Crippen LogP contribution in [0.3, 0.4) is 0 Å². The van der Waals surface area contributed by atoms with Crippen LogP contribution in [0.1, 0.15) is 18.1 Å². The first-order valence-corrected chi connectivity index (χ1v) is 9.56. The van der Waals surface area contributed by atoms with Crippen LogP contribution in [0.25, 0.3) is 0 Å². The zero-order chi connectivity index (χ0) is 19.9. The van der Waals surface area contributed by atoms with Gasteiger partial charge in [-0.15, -0.1) is 0 Å². The highest BCUT2D eigenvalue weighted by Gasteiger charge is 2.22. The first-order valence-electron chi connectivity index (χ1n) is 9.56. The number of hydrogen-bond donors (Lipinski definition) is 1. The van der Waals surface area contributed by atoms with Crippen LogP contribution in [-0.4, -0.2) is 44.7 Å². The molecule has 0 aromatic heterocycles. The molecule has 0 radical (unpaired) electrons. The molecule has 2 aromatic carbocycles. The van der Waals surface area contributed by atoms with Gasteiger partial charge in [-0.2, -0.15) is 0 Å². The van der Waals surface area contributed by atoms with Gasteiger partial charge < -0.3 is 19.9 Å². The summed E-state index contributed by atoms with van der Waals surface area (Å²) in [5.41, 5.74) is 3.91. The van der Waals surface area contributed by atoms with Crippen molar-refractivity contribution in [3.05, 3.63) is 59.7 Å². The summed E-state index contributed by atoms with van der Waals surface area (Å²) in [5.74, 6) is -0.348. The van der Waals surface area contributed by atoms with Crippen LogP contribution in [0.4, 0.5) is 11.4 Å². The Hall–Kier alpha value is -2.86. The van der Waals surface area contributed by atoms with E-state index in [1.165, 1.54) is 17.4 Å². The minimum atomic E-state index is -0.187. The van der Waals surface area contributed by atoms with Gasteiger partial charge in [0, 0.05) is 26.6 Å². The minimum absolute atomic E-state index is 0.0114. The lowest BCUT2D eigenvalue weighted by atomic mass is 10.1. The highest BCUT2D eigenvalue weighted by Crippen LogP contribution is 2.30. The number of anilines is 2. The largest absolute Gasteiger partial charge is 0.378 e. The number of carbonyl (C=O) groups excluding carboxylic acids is 2. The Balaban J connectivity index is 1.70. The second-order valence-electron chi connectivity index (χ2n) is 6.96. The van der Waals surface area contributed by atoms with Crippen LogP contribution < -0.4 is 15.1 Å². The fraction of sp³-hybridized carbons (Fsp3) is 0.364. The number of amides is 2. The molecule has 0 bridgehead atoms. The first-order chi connectivity index (χ1) is 13.5. The van der Waals surface area contributed by atoms with Crippen molar-refractivity contribution >= 4 is 23.2 Å². The summed E-state index contributed by atoms with van der Waals surface area (Å²) in [5, 5.41) is 2.91. The van der Waals surface area contributed by atoms with Gasteiger partial charge in [-0.1, -0.05) is 42.0 Å². The van der Waals surface area contributed by atoms with Gasteiger partial charge >= 0.3 is 0 Å². The van der Waals surface area contributed by atoms with Crippen molar-refractivity contribution in [3.63, 3.8) is 0 Å². The summed E-state index contributed by atoms with van der Waals surface area (Å²) in [6.07, 6.45) is 0. The molecule has 0 atom stereocenters. The van der Waals surface area contributed by atoms with E-state index in [1.54, 1.807) is 0 Å². The Morgan fingerprint density at radius 2 is 1.75 bits per heavy atom. The van der Waals surface area contributed by atoms with Crippen molar-refractivity contribution in [2.75, 3.05) is 42.6 Å². The molecule has 0 unspecified atom stereocenters. The van der Waals surface area contributed by atoms with Crippen LogP contribution in [0.15, 0.2) is 48.5 Å². The molecule has 6 heteroatoms. The zero-order valence-corrected chi connectivity index (χ0v) is 16.5. The molecule has 1 fully saturated rings. The molecule has 6 nitrogen and oxygen atoms in total.